The van der Waals surface area contributed by atoms with Crippen LogP contribution in [-0.4, -0.2) is 19.2 Å². The Balaban J connectivity index is 1.97. The number of hydrogen-bond acceptors (Lipinski definition) is 4. The van der Waals surface area contributed by atoms with Crippen LogP contribution in [0.4, 0.5) is 0 Å². The Morgan fingerprint density at radius 1 is 1.00 bits per heavy atom. The van der Waals surface area contributed by atoms with E-state index in [1.807, 2.05) is 12.1 Å². The fraction of sp³-hybridized carbons (Fsp3) is 0.250. The van der Waals surface area contributed by atoms with Gasteiger partial charge in [-0.1, -0.05) is 50.6 Å². The second-order valence-corrected chi connectivity index (χ2v) is 10.8. The van der Waals surface area contributed by atoms with E-state index in [1.165, 1.54) is 6.07 Å². The summed E-state index contributed by atoms with van der Waals surface area (Å²) in [7, 11) is -3.64. The normalized spacial score (nSPS) is 12.0. The Hall–Kier alpha value is -2.50. The van der Waals surface area contributed by atoms with Crippen molar-refractivity contribution in [3.63, 3.8) is 0 Å². The molecule has 0 bridgehead atoms. The number of sulfone groups is 1. The van der Waals surface area contributed by atoms with E-state index in [-0.39, 0.29) is 27.4 Å². The van der Waals surface area contributed by atoms with Crippen molar-refractivity contribution in [2.75, 3.05) is 0 Å². The number of benzene rings is 2. The Bertz CT molecular complexity index is 1190. The molecule has 0 aliphatic carbocycles. The maximum atomic E-state index is 13.1. The van der Waals surface area contributed by atoms with Crippen molar-refractivity contribution < 1.29 is 13.2 Å². The highest BCUT2D eigenvalue weighted by Gasteiger charge is 2.22. The lowest BCUT2D eigenvalue weighted by Gasteiger charge is -2.19. The van der Waals surface area contributed by atoms with Crippen LogP contribution in [0.1, 0.15) is 53.5 Å². The summed E-state index contributed by atoms with van der Waals surface area (Å²) in [6, 6.07) is 14.9. The number of halogens is 1. The fourth-order valence-corrected chi connectivity index (χ4v) is 4.73. The van der Waals surface area contributed by atoms with Gasteiger partial charge in [0.25, 0.3) is 0 Å². The first-order valence-electron chi connectivity index (χ1n) is 9.56. The molecule has 1 heterocycles. The van der Waals surface area contributed by atoms with Crippen LogP contribution in [0.5, 0.6) is 0 Å². The van der Waals surface area contributed by atoms with Gasteiger partial charge in [0.2, 0.25) is 0 Å². The van der Waals surface area contributed by atoms with Gasteiger partial charge in [-0.05, 0) is 59.9 Å². The van der Waals surface area contributed by atoms with Crippen molar-refractivity contribution in [3.8, 4) is 0 Å². The molecule has 0 atom stereocenters. The van der Waals surface area contributed by atoms with Crippen LogP contribution in [-0.2, 0) is 21.0 Å². The number of carbonyl (C=O) groups is 1. The molecule has 6 heteroatoms. The summed E-state index contributed by atoms with van der Waals surface area (Å²) in [5.41, 5.74) is 2.83. The number of aromatic nitrogens is 1. The van der Waals surface area contributed by atoms with E-state index in [9.17, 15) is 13.2 Å². The van der Waals surface area contributed by atoms with Gasteiger partial charge < -0.3 is 0 Å². The van der Waals surface area contributed by atoms with Gasteiger partial charge in [-0.2, -0.15) is 0 Å². The molecule has 0 aliphatic heterocycles. The molecule has 0 fully saturated rings. The third-order valence-electron chi connectivity index (χ3n) is 4.90. The van der Waals surface area contributed by atoms with E-state index in [2.05, 4.69) is 25.8 Å². The summed E-state index contributed by atoms with van der Waals surface area (Å²) < 4.78 is 26.1. The maximum Gasteiger partial charge on any atom is 0.193 e. The Morgan fingerprint density at radius 3 is 2.27 bits per heavy atom. The molecule has 1 aromatic heterocycles. The lowest BCUT2D eigenvalue weighted by atomic mass is 9.87. The van der Waals surface area contributed by atoms with Crippen molar-refractivity contribution in [3.05, 3.63) is 93.8 Å². The third-order valence-corrected chi connectivity index (χ3v) is 6.82. The molecular weight excluding hydrogens is 418 g/mol. The summed E-state index contributed by atoms with van der Waals surface area (Å²) in [5, 5.41) is 0.375. The summed E-state index contributed by atoms with van der Waals surface area (Å²) in [5.74, 6) is -0.569. The molecule has 3 rings (SSSR count). The minimum absolute atomic E-state index is 0.0687. The summed E-state index contributed by atoms with van der Waals surface area (Å²) in [4.78, 5) is 17.4. The van der Waals surface area contributed by atoms with Crippen LogP contribution in [0.15, 0.2) is 65.7 Å². The molecule has 0 saturated heterocycles. The molecule has 0 unspecified atom stereocenters. The lowest BCUT2D eigenvalue weighted by Crippen LogP contribution is -2.13. The van der Waals surface area contributed by atoms with E-state index in [0.29, 0.717) is 21.8 Å². The molecule has 0 spiro atoms. The molecule has 0 N–H and O–H groups in total. The van der Waals surface area contributed by atoms with Crippen molar-refractivity contribution in [2.24, 2.45) is 0 Å². The second kappa shape index (κ2) is 8.32. The highest BCUT2D eigenvalue weighted by atomic mass is 35.5. The number of pyridine rings is 1. The van der Waals surface area contributed by atoms with Crippen LogP contribution >= 0.6 is 11.6 Å². The number of nitrogens with zero attached hydrogens (tertiary/aromatic N) is 1. The van der Waals surface area contributed by atoms with Gasteiger partial charge in [-0.25, -0.2) is 8.42 Å². The first-order valence-corrected chi connectivity index (χ1v) is 11.6. The highest BCUT2D eigenvalue weighted by molar-refractivity contribution is 7.90. The zero-order chi connectivity index (χ0) is 22.1. The van der Waals surface area contributed by atoms with Crippen molar-refractivity contribution in [1.82, 2.24) is 4.98 Å². The predicted molar refractivity (Wildman–Crippen MR) is 120 cm³/mol. The molecular formula is C24H24ClNO3S. The molecule has 0 aliphatic rings. The molecule has 0 amide bonds. The SMILES string of the molecule is Cc1cc(C(=O)c2cc(Cl)ccc2CS(=O)(=O)c2ccc(C(C)(C)C)cc2)ccn1. The van der Waals surface area contributed by atoms with Gasteiger partial charge in [-0.15, -0.1) is 0 Å². The van der Waals surface area contributed by atoms with E-state index < -0.39 is 9.84 Å². The number of rotatable bonds is 5. The summed E-state index contributed by atoms with van der Waals surface area (Å²) in [6.07, 6.45) is 1.56. The fourth-order valence-electron chi connectivity index (χ4n) is 3.18. The lowest BCUT2D eigenvalue weighted by molar-refractivity contribution is 0.103. The van der Waals surface area contributed by atoms with Gasteiger partial charge in [0, 0.05) is 28.0 Å². The maximum absolute atomic E-state index is 13.1. The first kappa shape index (κ1) is 22.2. The summed E-state index contributed by atoms with van der Waals surface area (Å²) >= 11 is 6.11. The number of hydrogen-bond donors (Lipinski definition) is 0. The van der Waals surface area contributed by atoms with E-state index in [1.54, 1.807) is 49.5 Å². The van der Waals surface area contributed by atoms with Gasteiger partial charge in [0.1, 0.15) is 0 Å². The Kier molecular flexibility index (Phi) is 6.16. The molecule has 4 nitrogen and oxygen atoms in total. The Labute approximate surface area is 182 Å². The predicted octanol–water partition coefficient (Wildman–Crippen LogP) is 5.55. The average molecular weight is 442 g/mol. The van der Waals surface area contributed by atoms with Crippen LogP contribution in [0, 0.1) is 6.92 Å². The van der Waals surface area contributed by atoms with E-state index >= 15 is 0 Å². The molecule has 2 aromatic carbocycles. The first-order chi connectivity index (χ1) is 14.0. The molecule has 3 aromatic rings. The van der Waals surface area contributed by atoms with Crippen LogP contribution in [0.2, 0.25) is 5.02 Å². The smallest absolute Gasteiger partial charge is 0.193 e. The third kappa shape index (κ3) is 4.97. The zero-order valence-electron chi connectivity index (χ0n) is 17.4. The largest absolute Gasteiger partial charge is 0.289 e. The second-order valence-electron chi connectivity index (χ2n) is 8.35. The van der Waals surface area contributed by atoms with Crippen molar-refractivity contribution in [1.29, 1.82) is 0 Å². The highest BCUT2D eigenvalue weighted by Crippen LogP contribution is 2.27. The van der Waals surface area contributed by atoms with E-state index in [4.69, 9.17) is 11.6 Å². The molecule has 30 heavy (non-hydrogen) atoms. The van der Waals surface area contributed by atoms with Crippen molar-refractivity contribution >= 4 is 27.2 Å². The molecule has 0 radical (unpaired) electrons. The van der Waals surface area contributed by atoms with Crippen LogP contribution < -0.4 is 0 Å². The zero-order valence-corrected chi connectivity index (χ0v) is 19.0. The molecule has 0 saturated carbocycles. The monoisotopic (exact) mass is 441 g/mol. The van der Waals surface area contributed by atoms with Gasteiger partial charge in [-0.3, -0.25) is 9.78 Å². The number of aryl methyl sites for hydroxylation is 1. The quantitative estimate of drug-likeness (QED) is 0.487. The van der Waals surface area contributed by atoms with Crippen LogP contribution in [0.25, 0.3) is 0 Å². The standard InChI is InChI=1S/C24H24ClNO3S/c1-16-13-17(11-12-26-16)23(27)22-14-20(25)8-5-18(22)15-30(28,29)21-9-6-19(7-10-21)24(2,3)4/h5-14H,15H2,1-4H3. The Morgan fingerprint density at radius 2 is 1.67 bits per heavy atom. The average Bonchev–Trinajstić information content (AvgIpc) is 2.68. The minimum atomic E-state index is -3.64. The number of ketones is 1. The minimum Gasteiger partial charge on any atom is -0.289 e. The summed E-state index contributed by atoms with van der Waals surface area (Å²) in [6.45, 7) is 8.01. The van der Waals surface area contributed by atoms with Gasteiger partial charge >= 0.3 is 0 Å². The number of carbonyl (C=O) groups excluding carboxylic acids is 1. The van der Waals surface area contributed by atoms with Crippen LogP contribution in [0.3, 0.4) is 0 Å². The topological polar surface area (TPSA) is 64.1 Å². The van der Waals surface area contributed by atoms with Gasteiger partial charge in [0.15, 0.2) is 15.6 Å². The van der Waals surface area contributed by atoms with Crippen molar-refractivity contribution in [2.45, 2.75) is 43.8 Å². The van der Waals surface area contributed by atoms with E-state index in [0.717, 1.165) is 5.56 Å². The van der Waals surface area contributed by atoms with Gasteiger partial charge in [0.05, 0.1) is 10.6 Å². The molecule has 156 valence electrons.